The van der Waals surface area contributed by atoms with Gasteiger partial charge in [-0.05, 0) is 35.9 Å². The summed E-state index contributed by atoms with van der Waals surface area (Å²) in [5.41, 5.74) is 0.548. The highest BCUT2D eigenvalue weighted by Gasteiger charge is 2.11. The molecule has 1 N–H and O–H groups in total. The lowest BCUT2D eigenvalue weighted by molar-refractivity contribution is -0.385. The van der Waals surface area contributed by atoms with E-state index in [1.54, 1.807) is 6.07 Å². The summed E-state index contributed by atoms with van der Waals surface area (Å²) in [6.07, 6.45) is 0. The van der Waals surface area contributed by atoms with E-state index in [0.717, 1.165) is 14.3 Å². The van der Waals surface area contributed by atoms with E-state index in [1.165, 1.54) is 23.9 Å². The molecule has 0 fully saturated rings. The van der Waals surface area contributed by atoms with E-state index in [1.807, 2.05) is 24.3 Å². The number of aliphatic hydroxyl groups is 1. The van der Waals surface area contributed by atoms with E-state index in [4.69, 9.17) is 0 Å². The maximum atomic E-state index is 10.7. The van der Waals surface area contributed by atoms with E-state index >= 15 is 0 Å². The highest BCUT2D eigenvalue weighted by Crippen LogP contribution is 2.33. The van der Waals surface area contributed by atoms with Crippen LogP contribution in [0.4, 0.5) is 5.69 Å². The molecule has 0 saturated heterocycles. The lowest BCUT2D eigenvalue weighted by Crippen LogP contribution is -1.93. The fraction of sp³-hybridized carbons (Fsp3) is 0.0769. The number of rotatable bonds is 4. The van der Waals surface area contributed by atoms with Crippen molar-refractivity contribution in [3.63, 3.8) is 0 Å². The minimum absolute atomic E-state index is 0.00999. The number of hydrogen-bond acceptors (Lipinski definition) is 4. The molecule has 0 radical (unpaired) electrons. The molecule has 19 heavy (non-hydrogen) atoms. The van der Waals surface area contributed by atoms with Crippen LogP contribution in [0.3, 0.4) is 0 Å². The molecule has 6 heteroatoms. The molecule has 0 aliphatic heterocycles. The maximum absolute atomic E-state index is 10.7. The molecular weight excluding hydrogens is 330 g/mol. The van der Waals surface area contributed by atoms with E-state index in [2.05, 4.69) is 15.9 Å². The molecule has 0 atom stereocenters. The number of nitro groups is 1. The Morgan fingerprint density at radius 1 is 1.21 bits per heavy atom. The van der Waals surface area contributed by atoms with Crippen LogP contribution in [0.15, 0.2) is 56.7 Å². The van der Waals surface area contributed by atoms with Crippen molar-refractivity contribution in [1.29, 1.82) is 0 Å². The monoisotopic (exact) mass is 339 g/mol. The highest BCUT2D eigenvalue weighted by atomic mass is 79.9. The van der Waals surface area contributed by atoms with Crippen molar-refractivity contribution >= 4 is 33.4 Å². The molecule has 0 aromatic heterocycles. The van der Waals surface area contributed by atoms with Crippen molar-refractivity contribution in [2.45, 2.75) is 16.4 Å². The summed E-state index contributed by atoms with van der Waals surface area (Å²) in [4.78, 5) is 12.0. The topological polar surface area (TPSA) is 63.4 Å². The first-order valence-corrected chi connectivity index (χ1v) is 7.02. The molecule has 0 unspecified atom stereocenters. The van der Waals surface area contributed by atoms with Crippen LogP contribution in [0.2, 0.25) is 0 Å². The molecule has 0 aliphatic rings. The Balaban J connectivity index is 2.29. The number of non-ortho nitro benzene ring substituents is 1. The molecular formula is C13H10BrNO3S. The van der Waals surface area contributed by atoms with Gasteiger partial charge in [-0.2, -0.15) is 0 Å². The van der Waals surface area contributed by atoms with Crippen molar-refractivity contribution < 1.29 is 10.0 Å². The van der Waals surface area contributed by atoms with Crippen molar-refractivity contribution in [3.8, 4) is 0 Å². The SMILES string of the molecule is O=[N+]([O-])c1ccc(Sc2ccc(Br)cc2)c(CO)c1. The van der Waals surface area contributed by atoms with Crippen LogP contribution in [-0.2, 0) is 6.61 Å². The molecule has 4 nitrogen and oxygen atoms in total. The average Bonchev–Trinajstić information content (AvgIpc) is 2.41. The summed E-state index contributed by atoms with van der Waals surface area (Å²) < 4.78 is 0.989. The summed E-state index contributed by atoms with van der Waals surface area (Å²) in [5.74, 6) is 0. The Morgan fingerprint density at radius 3 is 2.47 bits per heavy atom. The summed E-state index contributed by atoms with van der Waals surface area (Å²) in [5, 5.41) is 20.0. The van der Waals surface area contributed by atoms with E-state index < -0.39 is 4.92 Å². The van der Waals surface area contributed by atoms with Gasteiger partial charge in [-0.15, -0.1) is 0 Å². The van der Waals surface area contributed by atoms with Crippen molar-refractivity contribution in [2.24, 2.45) is 0 Å². The molecule has 0 heterocycles. The molecule has 0 spiro atoms. The van der Waals surface area contributed by atoms with Gasteiger partial charge in [0.1, 0.15) is 0 Å². The summed E-state index contributed by atoms with van der Waals surface area (Å²) >= 11 is 4.82. The first-order chi connectivity index (χ1) is 9.10. The molecule has 0 saturated carbocycles. The lowest BCUT2D eigenvalue weighted by atomic mass is 10.2. The maximum Gasteiger partial charge on any atom is 0.269 e. The van der Waals surface area contributed by atoms with Crippen LogP contribution in [0, 0.1) is 10.1 Å². The number of halogens is 1. The smallest absolute Gasteiger partial charge is 0.269 e. The third kappa shape index (κ3) is 3.56. The number of hydrogen-bond donors (Lipinski definition) is 1. The van der Waals surface area contributed by atoms with Crippen LogP contribution < -0.4 is 0 Å². The number of nitro benzene ring substituents is 1. The predicted molar refractivity (Wildman–Crippen MR) is 77.3 cm³/mol. The molecule has 98 valence electrons. The molecule has 2 aromatic carbocycles. The van der Waals surface area contributed by atoms with Gasteiger partial charge in [0, 0.05) is 26.4 Å². The molecule has 0 bridgehead atoms. The van der Waals surface area contributed by atoms with Gasteiger partial charge >= 0.3 is 0 Å². The zero-order valence-electron chi connectivity index (χ0n) is 9.75. The Morgan fingerprint density at radius 2 is 1.89 bits per heavy atom. The van der Waals surface area contributed by atoms with Gasteiger partial charge < -0.3 is 5.11 Å². The predicted octanol–water partition coefficient (Wildman–Crippen LogP) is 4.00. The Bertz CT molecular complexity index is 601. The largest absolute Gasteiger partial charge is 0.392 e. The second kappa shape index (κ2) is 6.18. The Hall–Kier alpha value is -1.37. The zero-order chi connectivity index (χ0) is 13.8. The number of aliphatic hydroxyl groups excluding tert-OH is 1. The lowest BCUT2D eigenvalue weighted by Gasteiger charge is -2.07. The summed E-state index contributed by atoms with van der Waals surface area (Å²) in [7, 11) is 0. The third-order valence-electron chi connectivity index (χ3n) is 2.47. The van der Waals surface area contributed by atoms with Crippen molar-refractivity contribution in [2.75, 3.05) is 0 Å². The third-order valence-corrected chi connectivity index (χ3v) is 4.12. The van der Waals surface area contributed by atoms with Gasteiger partial charge in [-0.25, -0.2) is 0 Å². The summed E-state index contributed by atoms with van der Waals surface area (Å²) in [6.45, 7) is -0.222. The summed E-state index contributed by atoms with van der Waals surface area (Å²) in [6, 6.07) is 12.2. The quantitative estimate of drug-likeness (QED) is 0.675. The normalized spacial score (nSPS) is 10.4. The standard InChI is InChI=1S/C13H10BrNO3S/c14-10-1-4-12(5-2-10)19-13-6-3-11(15(17)18)7-9(13)8-16/h1-7,16H,8H2. The van der Waals surface area contributed by atoms with Crippen LogP contribution in [0.5, 0.6) is 0 Å². The average molecular weight is 340 g/mol. The van der Waals surface area contributed by atoms with Gasteiger partial charge in [0.05, 0.1) is 11.5 Å². The van der Waals surface area contributed by atoms with Crippen LogP contribution in [0.25, 0.3) is 0 Å². The first-order valence-electron chi connectivity index (χ1n) is 5.42. The van der Waals surface area contributed by atoms with Crippen LogP contribution in [0.1, 0.15) is 5.56 Å². The highest BCUT2D eigenvalue weighted by molar-refractivity contribution is 9.10. The first kappa shape index (κ1) is 14.0. The second-order valence-electron chi connectivity index (χ2n) is 3.76. The van der Waals surface area contributed by atoms with Gasteiger partial charge in [0.15, 0.2) is 0 Å². The van der Waals surface area contributed by atoms with Gasteiger partial charge in [-0.1, -0.05) is 27.7 Å². The van der Waals surface area contributed by atoms with Gasteiger partial charge in [0.2, 0.25) is 0 Å². The van der Waals surface area contributed by atoms with E-state index in [0.29, 0.717) is 5.56 Å². The Labute approximate surface area is 122 Å². The van der Waals surface area contributed by atoms with Crippen LogP contribution >= 0.6 is 27.7 Å². The van der Waals surface area contributed by atoms with Gasteiger partial charge in [0.25, 0.3) is 5.69 Å². The second-order valence-corrected chi connectivity index (χ2v) is 5.79. The minimum Gasteiger partial charge on any atom is -0.392 e. The van der Waals surface area contributed by atoms with Crippen LogP contribution in [-0.4, -0.2) is 10.0 Å². The minimum atomic E-state index is -0.465. The fourth-order valence-electron chi connectivity index (χ4n) is 1.53. The number of benzene rings is 2. The molecule has 0 aliphatic carbocycles. The fourth-order valence-corrected chi connectivity index (χ4v) is 2.71. The van der Waals surface area contributed by atoms with Gasteiger partial charge in [-0.3, -0.25) is 10.1 Å². The molecule has 2 rings (SSSR count). The molecule has 2 aromatic rings. The van der Waals surface area contributed by atoms with E-state index in [9.17, 15) is 15.2 Å². The van der Waals surface area contributed by atoms with Crippen molar-refractivity contribution in [1.82, 2.24) is 0 Å². The Kier molecular flexibility index (Phi) is 4.57. The van der Waals surface area contributed by atoms with E-state index in [-0.39, 0.29) is 12.3 Å². The number of nitrogens with zero attached hydrogens (tertiary/aromatic N) is 1. The molecule has 0 amide bonds. The zero-order valence-corrected chi connectivity index (χ0v) is 12.1. The van der Waals surface area contributed by atoms with Crippen molar-refractivity contribution in [3.05, 3.63) is 62.6 Å².